The van der Waals surface area contributed by atoms with Crippen LogP contribution in [0, 0.1) is 0 Å². The van der Waals surface area contributed by atoms with E-state index in [9.17, 15) is 0 Å². The summed E-state index contributed by atoms with van der Waals surface area (Å²) in [5.41, 5.74) is 10.3. The minimum atomic E-state index is 0.392. The Kier molecular flexibility index (Phi) is 4.14. The van der Waals surface area contributed by atoms with E-state index < -0.39 is 0 Å². The Hall–Kier alpha value is -2.29. The third-order valence-corrected chi connectivity index (χ3v) is 4.05. The van der Waals surface area contributed by atoms with Crippen LogP contribution < -0.4 is 5.73 Å². The molecule has 0 aliphatic heterocycles. The van der Waals surface area contributed by atoms with E-state index >= 15 is 0 Å². The fourth-order valence-corrected chi connectivity index (χ4v) is 2.95. The van der Waals surface area contributed by atoms with Gasteiger partial charge in [0.2, 0.25) is 0 Å². The van der Waals surface area contributed by atoms with E-state index in [0.29, 0.717) is 5.92 Å². The number of aromatic nitrogens is 2. The van der Waals surface area contributed by atoms with E-state index in [1.165, 1.54) is 5.56 Å². The van der Waals surface area contributed by atoms with Gasteiger partial charge in [0, 0.05) is 12.5 Å². The smallest absolute Gasteiger partial charge is 0.112 e. The van der Waals surface area contributed by atoms with Crippen LogP contribution in [0.5, 0.6) is 0 Å². The predicted octanol–water partition coefficient (Wildman–Crippen LogP) is 4.37. The van der Waals surface area contributed by atoms with Crippen molar-refractivity contribution < 1.29 is 0 Å². The number of hydrogen-bond donors (Lipinski definition) is 1. The molecule has 1 aromatic heterocycles. The summed E-state index contributed by atoms with van der Waals surface area (Å²) >= 11 is 0. The molecule has 0 aliphatic rings. The maximum Gasteiger partial charge on any atom is 0.112 e. The standard InChI is InChI=1S/C19H23N3/c1-14(2)19-21-18-16(20)11-6-12-17(18)22(19)13-7-10-15-8-4-3-5-9-15/h3-6,8-9,11-12,14H,7,10,13,20H2,1-2H3. The molecule has 1 heterocycles. The molecule has 0 bridgehead atoms. The zero-order valence-corrected chi connectivity index (χ0v) is 13.3. The van der Waals surface area contributed by atoms with Gasteiger partial charge in [0.05, 0.1) is 11.2 Å². The van der Waals surface area contributed by atoms with Crippen LogP contribution in [0.25, 0.3) is 11.0 Å². The van der Waals surface area contributed by atoms with Crippen molar-refractivity contribution in [2.75, 3.05) is 5.73 Å². The number of imidazole rings is 1. The first-order chi connectivity index (χ1) is 10.7. The maximum atomic E-state index is 6.08. The van der Waals surface area contributed by atoms with Gasteiger partial charge in [0.1, 0.15) is 11.3 Å². The number of nitrogens with two attached hydrogens (primary N) is 1. The summed E-state index contributed by atoms with van der Waals surface area (Å²) in [7, 11) is 0. The van der Waals surface area contributed by atoms with Crippen LogP contribution in [0.1, 0.15) is 37.6 Å². The average Bonchev–Trinajstić information content (AvgIpc) is 2.89. The van der Waals surface area contributed by atoms with Gasteiger partial charge in [-0.05, 0) is 30.5 Å². The highest BCUT2D eigenvalue weighted by atomic mass is 15.1. The van der Waals surface area contributed by atoms with E-state index in [0.717, 1.165) is 41.9 Å². The molecule has 0 saturated heterocycles. The zero-order valence-electron chi connectivity index (χ0n) is 13.3. The van der Waals surface area contributed by atoms with Gasteiger partial charge in [-0.15, -0.1) is 0 Å². The minimum absolute atomic E-state index is 0.392. The second-order valence-corrected chi connectivity index (χ2v) is 6.08. The maximum absolute atomic E-state index is 6.08. The van der Waals surface area contributed by atoms with E-state index in [-0.39, 0.29) is 0 Å². The lowest BCUT2D eigenvalue weighted by atomic mass is 10.1. The molecule has 0 atom stereocenters. The van der Waals surface area contributed by atoms with Crippen LogP contribution in [-0.4, -0.2) is 9.55 Å². The molecule has 3 aromatic rings. The van der Waals surface area contributed by atoms with E-state index in [4.69, 9.17) is 10.7 Å². The Morgan fingerprint density at radius 3 is 2.55 bits per heavy atom. The molecule has 3 nitrogen and oxygen atoms in total. The van der Waals surface area contributed by atoms with Crippen LogP contribution in [0.3, 0.4) is 0 Å². The molecule has 0 unspecified atom stereocenters. The van der Waals surface area contributed by atoms with Crippen LogP contribution in [0.2, 0.25) is 0 Å². The van der Waals surface area contributed by atoms with Crippen molar-refractivity contribution in [3.8, 4) is 0 Å². The Morgan fingerprint density at radius 1 is 1.05 bits per heavy atom. The molecule has 0 fully saturated rings. The van der Waals surface area contributed by atoms with Crippen molar-refractivity contribution in [1.29, 1.82) is 0 Å². The highest BCUT2D eigenvalue weighted by Crippen LogP contribution is 2.26. The average molecular weight is 293 g/mol. The molecule has 114 valence electrons. The van der Waals surface area contributed by atoms with Crippen molar-refractivity contribution in [1.82, 2.24) is 9.55 Å². The van der Waals surface area contributed by atoms with E-state index in [1.807, 2.05) is 12.1 Å². The Morgan fingerprint density at radius 2 is 1.82 bits per heavy atom. The molecule has 2 N–H and O–H groups in total. The van der Waals surface area contributed by atoms with Gasteiger partial charge in [-0.25, -0.2) is 4.98 Å². The van der Waals surface area contributed by atoms with Crippen molar-refractivity contribution in [3.05, 3.63) is 59.9 Å². The van der Waals surface area contributed by atoms with Crippen LogP contribution in [0.4, 0.5) is 5.69 Å². The number of nitrogen functional groups attached to an aromatic ring is 1. The molecular formula is C19H23N3. The summed E-state index contributed by atoms with van der Waals surface area (Å²) in [6.45, 7) is 5.35. The van der Waals surface area contributed by atoms with Crippen LogP contribution >= 0.6 is 0 Å². The molecule has 3 heteroatoms. The van der Waals surface area contributed by atoms with E-state index in [2.05, 4.69) is 54.8 Å². The summed E-state index contributed by atoms with van der Waals surface area (Å²) < 4.78 is 2.33. The van der Waals surface area contributed by atoms with Gasteiger partial charge in [-0.1, -0.05) is 50.2 Å². The lowest BCUT2D eigenvalue weighted by Gasteiger charge is -2.11. The minimum Gasteiger partial charge on any atom is -0.397 e. The first kappa shape index (κ1) is 14.6. The fourth-order valence-electron chi connectivity index (χ4n) is 2.95. The van der Waals surface area contributed by atoms with Crippen LogP contribution in [0.15, 0.2) is 48.5 Å². The highest BCUT2D eigenvalue weighted by Gasteiger charge is 2.14. The molecule has 0 saturated carbocycles. The number of anilines is 1. The lowest BCUT2D eigenvalue weighted by Crippen LogP contribution is -2.06. The Bertz CT molecular complexity index is 757. The van der Waals surface area contributed by atoms with Gasteiger partial charge < -0.3 is 10.3 Å². The van der Waals surface area contributed by atoms with Crippen molar-refractivity contribution >= 4 is 16.7 Å². The number of fused-ring (bicyclic) bond motifs is 1. The van der Waals surface area contributed by atoms with Gasteiger partial charge in [-0.2, -0.15) is 0 Å². The number of para-hydroxylation sites is 1. The van der Waals surface area contributed by atoms with Crippen LogP contribution in [-0.2, 0) is 13.0 Å². The first-order valence-electron chi connectivity index (χ1n) is 7.95. The van der Waals surface area contributed by atoms with Crippen molar-refractivity contribution in [2.24, 2.45) is 0 Å². The molecule has 0 spiro atoms. The summed E-state index contributed by atoms with van der Waals surface area (Å²) in [5, 5.41) is 0. The monoisotopic (exact) mass is 293 g/mol. The molecule has 3 rings (SSSR count). The zero-order chi connectivity index (χ0) is 15.5. The quantitative estimate of drug-likeness (QED) is 0.710. The summed E-state index contributed by atoms with van der Waals surface area (Å²) in [4.78, 5) is 4.78. The van der Waals surface area contributed by atoms with Gasteiger partial charge in [-0.3, -0.25) is 0 Å². The van der Waals surface area contributed by atoms with E-state index in [1.54, 1.807) is 0 Å². The molecule has 22 heavy (non-hydrogen) atoms. The second-order valence-electron chi connectivity index (χ2n) is 6.08. The van der Waals surface area contributed by atoms with Gasteiger partial charge in [0.25, 0.3) is 0 Å². The molecule has 0 aliphatic carbocycles. The SMILES string of the molecule is CC(C)c1nc2c(N)cccc2n1CCCc1ccccc1. The highest BCUT2D eigenvalue weighted by molar-refractivity contribution is 5.87. The third-order valence-electron chi connectivity index (χ3n) is 4.05. The number of rotatable bonds is 5. The summed E-state index contributed by atoms with van der Waals surface area (Å²) in [6.07, 6.45) is 2.18. The van der Waals surface area contributed by atoms with Crippen molar-refractivity contribution in [3.63, 3.8) is 0 Å². The number of aryl methyl sites for hydroxylation is 2. The number of benzene rings is 2. The first-order valence-corrected chi connectivity index (χ1v) is 7.95. The number of hydrogen-bond acceptors (Lipinski definition) is 2. The summed E-state index contributed by atoms with van der Waals surface area (Å²) in [5.74, 6) is 1.52. The number of nitrogens with zero attached hydrogens (tertiary/aromatic N) is 2. The molecule has 0 radical (unpaired) electrons. The van der Waals surface area contributed by atoms with Gasteiger partial charge in [0.15, 0.2) is 0 Å². The fraction of sp³-hybridized carbons (Fsp3) is 0.316. The Labute approximate surface area is 131 Å². The summed E-state index contributed by atoms with van der Waals surface area (Å²) in [6, 6.07) is 16.7. The Balaban J connectivity index is 1.85. The third kappa shape index (κ3) is 2.84. The van der Waals surface area contributed by atoms with Gasteiger partial charge >= 0.3 is 0 Å². The largest absolute Gasteiger partial charge is 0.397 e. The molecule has 0 amide bonds. The lowest BCUT2D eigenvalue weighted by molar-refractivity contribution is 0.602. The second kappa shape index (κ2) is 6.22. The van der Waals surface area contributed by atoms with Crippen molar-refractivity contribution in [2.45, 2.75) is 39.2 Å². The normalized spacial score (nSPS) is 11.4. The topological polar surface area (TPSA) is 43.8 Å². The molecule has 2 aromatic carbocycles. The predicted molar refractivity (Wildman–Crippen MR) is 93.0 cm³/mol. The molecular weight excluding hydrogens is 270 g/mol.